The first-order valence-corrected chi connectivity index (χ1v) is 10.9. The maximum absolute atomic E-state index is 12.5. The zero-order valence-electron chi connectivity index (χ0n) is 17.6. The Morgan fingerprint density at radius 3 is 2.79 bits per heavy atom. The van der Waals surface area contributed by atoms with Gasteiger partial charge in [-0.25, -0.2) is 4.79 Å². The van der Waals surface area contributed by atoms with Crippen LogP contribution >= 0.6 is 0 Å². The van der Waals surface area contributed by atoms with Gasteiger partial charge in [0.2, 0.25) is 0 Å². The SMILES string of the molecule is CCC(C)C(=O)O[C@H]1C[C@@H](C)C=C2C=C[C@H](C)[C@H](CC[C@H]3CC=CC(=O)O3)C21. The van der Waals surface area contributed by atoms with Gasteiger partial charge in [0.15, 0.2) is 0 Å². The molecule has 4 nitrogen and oxygen atoms in total. The first kappa shape index (κ1) is 20.9. The number of rotatable bonds is 6. The summed E-state index contributed by atoms with van der Waals surface area (Å²) in [6.45, 7) is 8.41. The minimum Gasteiger partial charge on any atom is -0.461 e. The van der Waals surface area contributed by atoms with E-state index < -0.39 is 0 Å². The molecule has 4 heteroatoms. The molecule has 154 valence electrons. The molecule has 0 bridgehead atoms. The normalized spacial score (nSPS) is 35.6. The van der Waals surface area contributed by atoms with Crippen molar-refractivity contribution in [2.45, 2.75) is 72.0 Å². The third kappa shape index (κ3) is 4.76. The monoisotopic (exact) mass is 386 g/mol. The number of carbonyl (C=O) groups is 2. The number of ether oxygens (including phenoxy) is 2. The average molecular weight is 387 g/mol. The van der Waals surface area contributed by atoms with E-state index in [9.17, 15) is 9.59 Å². The molecular weight excluding hydrogens is 352 g/mol. The van der Waals surface area contributed by atoms with Crippen LogP contribution in [0, 0.1) is 29.6 Å². The van der Waals surface area contributed by atoms with E-state index in [2.05, 4.69) is 32.1 Å². The van der Waals surface area contributed by atoms with Crippen LogP contribution in [0.3, 0.4) is 0 Å². The molecule has 7 atom stereocenters. The maximum atomic E-state index is 12.5. The van der Waals surface area contributed by atoms with Crippen LogP contribution < -0.4 is 0 Å². The molecule has 0 saturated carbocycles. The van der Waals surface area contributed by atoms with Crippen molar-refractivity contribution >= 4 is 11.9 Å². The Labute approximate surface area is 169 Å². The Kier molecular flexibility index (Phi) is 6.79. The largest absolute Gasteiger partial charge is 0.461 e. The molecule has 2 unspecified atom stereocenters. The van der Waals surface area contributed by atoms with Crippen molar-refractivity contribution in [2.24, 2.45) is 29.6 Å². The molecule has 1 heterocycles. The Bertz CT molecular complexity index is 674. The van der Waals surface area contributed by atoms with Crippen LogP contribution in [-0.4, -0.2) is 24.1 Å². The summed E-state index contributed by atoms with van der Waals surface area (Å²) >= 11 is 0. The highest BCUT2D eigenvalue weighted by Gasteiger charge is 2.41. The molecule has 28 heavy (non-hydrogen) atoms. The molecule has 3 rings (SSSR count). The van der Waals surface area contributed by atoms with Gasteiger partial charge in [-0.3, -0.25) is 4.79 Å². The Morgan fingerprint density at radius 1 is 1.29 bits per heavy atom. The summed E-state index contributed by atoms with van der Waals surface area (Å²) in [5, 5.41) is 0. The predicted molar refractivity (Wildman–Crippen MR) is 109 cm³/mol. The number of cyclic esters (lactones) is 1. The van der Waals surface area contributed by atoms with Crippen LogP contribution in [0.5, 0.6) is 0 Å². The lowest BCUT2D eigenvalue weighted by atomic mass is 9.65. The second kappa shape index (κ2) is 9.11. The molecular formula is C24H34O4. The Hall–Kier alpha value is -1.84. The number of allylic oxidation sites excluding steroid dienone is 3. The molecule has 0 amide bonds. The second-order valence-electron chi connectivity index (χ2n) is 8.85. The van der Waals surface area contributed by atoms with Crippen molar-refractivity contribution < 1.29 is 19.1 Å². The van der Waals surface area contributed by atoms with Crippen molar-refractivity contribution in [3.63, 3.8) is 0 Å². The van der Waals surface area contributed by atoms with Gasteiger partial charge in [-0.2, -0.15) is 0 Å². The molecule has 0 aromatic rings. The summed E-state index contributed by atoms with van der Waals surface area (Å²) in [5.74, 6) is 1.07. The van der Waals surface area contributed by atoms with E-state index in [0.29, 0.717) is 17.8 Å². The molecule has 0 fully saturated rings. The molecule has 0 aromatic carbocycles. The fourth-order valence-corrected chi connectivity index (χ4v) is 4.78. The highest BCUT2D eigenvalue weighted by atomic mass is 16.5. The zero-order chi connectivity index (χ0) is 20.3. The topological polar surface area (TPSA) is 52.6 Å². The van der Waals surface area contributed by atoms with Gasteiger partial charge < -0.3 is 9.47 Å². The summed E-state index contributed by atoms with van der Waals surface area (Å²) < 4.78 is 11.5. The molecule has 1 aliphatic heterocycles. The summed E-state index contributed by atoms with van der Waals surface area (Å²) in [4.78, 5) is 24.1. The average Bonchev–Trinajstić information content (AvgIpc) is 2.66. The second-order valence-corrected chi connectivity index (χ2v) is 8.85. The van der Waals surface area contributed by atoms with Gasteiger partial charge in [-0.05, 0) is 49.0 Å². The van der Waals surface area contributed by atoms with Crippen LogP contribution in [0.15, 0.2) is 36.0 Å². The van der Waals surface area contributed by atoms with Crippen LogP contribution in [-0.2, 0) is 19.1 Å². The van der Waals surface area contributed by atoms with Crippen LogP contribution in [0.1, 0.15) is 59.8 Å². The predicted octanol–water partition coefficient (Wildman–Crippen LogP) is 5.00. The zero-order valence-corrected chi connectivity index (χ0v) is 17.6. The fourth-order valence-electron chi connectivity index (χ4n) is 4.78. The lowest BCUT2D eigenvalue weighted by molar-refractivity contribution is -0.158. The number of hydrogen-bond acceptors (Lipinski definition) is 4. The first-order valence-electron chi connectivity index (χ1n) is 10.9. The quantitative estimate of drug-likeness (QED) is 0.603. The lowest BCUT2D eigenvalue weighted by Crippen LogP contribution is -2.41. The van der Waals surface area contributed by atoms with E-state index in [4.69, 9.17) is 9.47 Å². The van der Waals surface area contributed by atoms with E-state index >= 15 is 0 Å². The Morgan fingerprint density at radius 2 is 2.07 bits per heavy atom. The van der Waals surface area contributed by atoms with Gasteiger partial charge in [-0.1, -0.05) is 52.0 Å². The van der Waals surface area contributed by atoms with Gasteiger partial charge in [0.1, 0.15) is 12.2 Å². The molecule has 0 radical (unpaired) electrons. The maximum Gasteiger partial charge on any atom is 0.330 e. The van der Waals surface area contributed by atoms with E-state index in [-0.39, 0.29) is 36.0 Å². The van der Waals surface area contributed by atoms with E-state index in [1.807, 2.05) is 19.9 Å². The number of carbonyl (C=O) groups excluding carboxylic acids is 2. The molecule has 3 aliphatic rings. The fraction of sp³-hybridized carbons (Fsp3) is 0.667. The third-order valence-electron chi connectivity index (χ3n) is 6.64. The number of esters is 2. The minimum atomic E-state index is -0.236. The smallest absolute Gasteiger partial charge is 0.330 e. The number of hydrogen-bond donors (Lipinski definition) is 0. The summed E-state index contributed by atoms with van der Waals surface area (Å²) in [7, 11) is 0. The number of fused-ring (bicyclic) bond motifs is 1. The van der Waals surface area contributed by atoms with Crippen molar-refractivity contribution in [3.8, 4) is 0 Å². The van der Waals surface area contributed by atoms with Crippen molar-refractivity contribution in [3.05, 3.63) is 36.0 Å². The van der Waals surface area contributed by atoms with Crippen molar-refractivity contribution in [1.29, 1.82) is 0 Å². The van der Waals surface area contributed by atoms with Crippen molar-refractivity contribution in [1.82, 2.24) is 0 Å². The van der Waals surface area contributed by atoms with Crippen LogP contribution in [0.4, 0.5) is 0 Å². The van der Waals surface area contributed by atoms with E-state index in [1.54, 1.807) is 0 Å². The molecule has 0 N–H and O–H groups in total. The van der Waals surface area contributed by atoms with Gasteiger partial charge in [0.05, 0.1) is 5.92 Å². The first-order chi connectivity index (χ1) is 13.4. The summed E-state index contributed by atoms with van der Waals surface area (Å²) in [6, 6.07) is 0. The third-order valence-corrected chi connectivity index (χ3v) is 6.64. The van der Waals surface area contributed by atoms with Gasteiger partial charge in [-0.15, -0.1) is 0 Å². The lowest BCUT2D eigenvalue weighted by Gasteiger charge is -2.43. The standard InChI is InChI=1S/C24H34O4/c1-5-16(3)24(26)28-21-14-15(2)13-18-10-9-17(4)20(23(18)21)12-11-19-7-6-8-22(25)27-19/h6,8-10,13,15-17,19-21,23H,5,7,11-12,14H2,1-4H3/t15-,16?,17-,19+,20-,21-,23?/m0/s1. The summed E-state index contributed by atoms with van der Waals surface area (Å²) in [6.07, 6.45) is 14.5. The molecule has 0 aromatic heterocycles. The summed E-state index contributed by atoms with van der Waals surface area (Å²) in [5.41, 5.74) is 1.31. The highest BCUT2D eigenvalue weighted by Crippen LogP contribution is 2.45. The molecule has 0 saturated heterocycles. The van der Waals surface area contributed by atoms with E-state index in [0.717, 1.165) is 32.1 Å². The van der Waals surface area contributed by atoms with Gasteiger partial charge >= 0.3 is 11.9 Å². The van der Waals surface area contributed by atoms with E-state index in [1.165, 1.54) is 11.6 Å². The van der Waals surface area contributed by atoms with Crippen LogP contribution in [0.25, 0.3) is 0 Å². The Balaban J connectivity index is 1.75. The molecule has 2 aliphatic carbocycles. The van der Waals surface area contributed by atoms with Gasteiger partial charge in [0.25, 0.3) is 0 Å². The highest BCUT2D eigenvalue weighted by molar-refractivity contribution is 5.82. The molecule has 0 spiro atoms. The minimum absolute atomic E-state index is 0.0355. The van der Waals surface area contributed by atoms with Crippen LogP contribution in [0.2, 0.25) is 0 Å². The van der Waals surface area contributed by atoms with Crippen molar-refractivity contribution in [2.75, 3.05) is 0 Å². The van der Waals surface area contributed by atoms with Gasteiger partial charge in [0, 0.05) is 18.4 Å².